The van der Waals surface area contributed by atoms with Crippen LogP contribution in [-0.4, -0.2) is 23.9 Å². The third kappa shape index (κ3) is 3.00. The number of ether oxygens (including phenoxy) is 2. The molecule has 1 aromatic heterocycles. The van der Waals surface area contributed by atoms with Crippen molar-refractivity contribution in [1.82, 2.24) is 10.2 Å². The maximum Gasteiger partial charge on any atom is 0.216 e. The van der Waals surface area contributed by atoms with E-state index in [1.807, 2.05) is 25.1 Å². The molecule has 0 aliphatic carbocycles. The van der Waals surface area contributed by atoms with E-state index >= 15 is 0 Å². The minimum absolute atomic E-state index is 0.615. The summed E-state index contributed by atoms with van der Waals surface area (Å²) in [5.41, 5.74) is 1.15. The first kappa shape index (κ1) is 12.4. The van der Waals surface area contributed by atoms with Gasteiger partial charge >= 0.3 is 0 Å². The molecule has 0 aliphatic rings. The average Bonchev–Trinajstić information content (AvgIpc) is 2.90. The van der Waals surface area contributed by atoms with Gasteiger partial charge in [-0.2, -0.15) is 0 Å². The SMILES string of the molecule is CCOc1cc(CCc2nnco2)ccc1OC. The van der Waals surface area contributed by atoms with E-state index < -0.39 is 0 Å². The summed E-state index contributed by atoms with van der Waals surface area (Å²) in [7, 11) is 1.63. The highest BCUT2D eigenvalue weighted by atomic mass is 16.5. The second-order valence-corrected chi connectivity index (χ2v) is 3.75. The van der Waals surface area contributed by atoms with E-state index in [0.717, 1.165) is 29.9 Å². The molecule has 0 amide bonds. The van der Waals surface area contributed by atoms with Gasteiger partial charge in [0.1, 0.15) is 0 Å². The van der Waals surface area contributed by atoms with Gasteiger partial charge in [-0.05, 0) is 31.0 Å². The van der Waals surface area contributed by atoms with Crippen LogP contribution >= 0.6 is 0 Å². The molecule has 1 heterocycles. The number of nitrogens with zero attached hydrogens (tertiary/aromatic N) is 2. The first-order valence-electron chi connectivity index (χ1n) is 5.88. The van der Waals surface area contributed by atoms with Crippen LogP contribution in [0.2, 0.25) is 0 Å². The molecule has 18 heavy (non-hydrogen) atoms. The van der Waals surface area contributed by atoms with Crippen LogP contribution in [-0.2, 0) is 12.8 Å². The summed E-state index contributed by atoms with van der Waals surface area (Å²) < 4.78 is 15.9. The van der Waals surface area contributed by atoms with Crippen LogP contribution in [0.5, 0.6) is 11.5 Å². The molecule has 0 atom stereocenters. The number of aromatic nitrogens is 2. The van der Waals surface area contributed by atoms with Gasteiger partial charge in [0.05, 0.1) is 13.7 Å². The van der Waals surface area contributed by atoms with E-state index in [1.165, 1.54) is 6.39 Å². The lowest BCUT2D eigenvalue weighted by Gasteiger charge is -2.10. The summed E-state index contributed by atoms with van der Waals surface area (Å²) in [6.07, 6.45) is 2.89. The summed E-state index contributed by atoms with van der Waals surface area (Å²) in [5.74, 6) is 2.16. The Kier molecular flexibility index (Phi) is 4.17. The predicted molar refractivity (Wildman–Crippen MR) is 65.9 cm³/mol. The molecule has 5 heteroatoms. The molecular formula is C13H16N2O3. The van der Waals surface area contributed by atoms with Gasteiger partial charge in [0.25, 0.3) is 0 Å². The molecular weight excluding hydrogens is 232 g/mol. The van der Waals surface area contributed by atoms with Crippen LogP contribution in [0.1, 0.15) is 18.4 Å². The predicted octanol–water partition coefficient (Wildman–Crippen LogP) is 2.26. The molecule has 5 nitrogen and oxygen atoms in total. The van der Waals surface area contributed by atoms with Crippen LogP contribution in [0, 0.1) is 0 Å². The number of methoxy groups -OCH3 is 1. The Morgan fingerprint density at radius 2 is 2.11 bits per heavy atom. The molecule has 1 aromatic carbocycles. The summed E-state index contributed by atoms with van der Waals surface area (Å²) in [6.45, 7) is 2.56. The Balaban J connectivity index is 2.06. The Hall–Kier alpha value is -2.04. The van der Waals surface area contributed by atoms with Crippen molar-refractivity contribution in [3.63, 3.8) is 0 Å². The number of rotatable bonds is 6. The van der Waals surface area contributed by atoms with Gasteiger partial charge < -0.3 is 13.9 Å². The quantitative estimate of drug-likeness (QED) is 0.784. The summed E-state index contributed by atoms with van der Waals surface area (Å²) >= 11 is 0. The fourth-order valence-electron chi connectivity index (χ4n) is 1.70. The maximum absolute atomic E-state index is 5.53. The fourth-order valence-corrected chi connectivity index (χ4v) is 1.70. The Morgan fingerprint density at radius 1 is 1.22 bits per heavy atom. The second-order valence-electron chi connectivity index (χ2n) is 3.75. The van der Waals surface area contributed by atoms with Gasteiger partial charge in [-0.1, -0.05) is 6.07 Å². The van der Waals surface area contributed by atoms with Crippen molar-refractivity contribution in [3.05, 3.63) is 36.0 Å². The lowest BCUT2D eigenvalue weighted by molar-refractivity contribution is 0.310. The van der Waals surface area contributed by atoms with E-state index in [1.54, 1.807) is 7.11 Å². The third-order valence-electron chi connectivity index (χ3n) is 2.56. The minimum Gasteiger partial charge on any atom is -0.493 e. The van der Waals surface area contributed by atoms with Crippen molar-refractivity contribution >= 4 is 0 Å². The molecule has 2 rings (SSSR count). The highest BCUT2D eigenvalue weighted by Crippen LogP contribution is 2.28. The average molecular weight is 248 g/mol. The van der Waals surface area contributed by atoms with E-state index in [-0.39, 0.29) is 0 Å². The second kappa shape index (κ2) is 6.05. The van der Waals surface area contributed by atoms with Crippen molar-refractivity contribution in [3.8, 4) is 11.5 Å². The van der Waals surface area contributed by atoms with Gasteiger partial charge in [-0.25, -0.2) is 0 Å². The minimum atomic E-state index is 0.615. The molecule has 0 saturated heterocycles. The highest BCUT2D eigenvalue weighted by Gasteiger charge is 2.06. The maximum atomic E-state index is 5.53. The monoisotopic (exact) mass is 248 g/mol. The van der Waals surface area contributed by atoms with Crippen molar-refractivity contribution in [2.45, 2.75) is 19.8 Å². The van der Waals surface area contributed by atoms with Crippen molar-refractivity contribution < 1.29 is 13.9 Å². The molecule has 96 valence electrons. The largest absolute Gasteiger partial charge is 0.493 e. The van der Waals surface area contributed by atoms with Crippen molar-refractivity contribution in [2.24, 2.45) is 0 Å². The van der Waals surface area contributed by atoms with Crippen molar-refractivity contribution in [2.75, 3.05) is 13.7 Å². The molecule has 2 aromatic rings. The normalized spacial score (nSPS) is 10.3. The fraction of sp³-hybridized carbons (Fsp3) is 0.385. The summed E-state index contributed by atoms with van der Waals surface area (Å²) in [5, 5.41) is 7.50. The van der Waals surface area contributed by atoms with Crippen LogP contribution in [0.15, 0.2) is 29.0 Å². The van der Waals surface area contributed by atoms with Crippen LogP contribution in [0.4, 0.5) is 0 Å². The van der Waals surface area contributed by atoms with Gasteiger partial charge in [0, 0.05) is 6.42 Å². The van der Waals surface area contributed by atoms with E-state index in [4.69, 9.17) is 13.9 Å². The van der Waals surface area contributed by atoms with Crippen molar-refractivity contribution in [1.29, 1.82) is 0 Å². The molecule has 0 fully saturated rings. The molecule has 0 radical (unpaired) electrons. The van der Waals surface area contributed by atoms with E-state index in [2.05, 4.69) is 10.2 Å². The van der Waals surface area contributed by atoms with Gasteiger partial charge in [-0.3, -0.25) is 0 Å². The van der Waals surface area contributed by atoms with Crippen LogP contribution in [0.25, 0.3) is 0 Å². The lowest BCUT2D eigenvalue weighted by atomic mass is 10.1. The molecule has 0 unspecified atom stereocenters. The van der Waals surface area contributed by atoms with Gasteiger partial charge in [0.2, 0.25) is 12.3 Å². The summed E-state index contributed by atoms with van der Waals surface area (Å²) in [4.78, 5) is 0. The van der Waals surface area contributed by atoms with Crippen LogP contribution < -0.4 is 9.47 Å². The van der Waals surface area contributed by atoms with E-state index in [9.17, 15) is 0 Å². The van der Waals surface area contributed by atoms with E-state index in [0.29, 0.717) is 12.5 Å². The molecule has 0 aliphatic heterocycles. The first-order valence-corrected chi connectivity index (χ1v) is 5.88. The van der Waals surface area contributed by atoms with Gasteiger partial charge in [0.15, 0.2) is 11.5 Å². The van der Waals surface area contributed by atoms with Gasteiger partial charge in [-0.15, -0.1) is 10.2 Å². The number of aryl methyl sites for hydroxylation is 2. The lowest BCUT2D eigenvalue weighted by Crippen LogP contribution is -1.98. The Labute approximate surface area is 106 Å². The topological polar surface area (TPSA) is 57.4 Å². The zero-order chi connectivity index (χ0) is 12.8. The smallest absolute Gasteiger partial charge is 0.216 e. The zero-order valence-corrected chi connectivity index (χ0v) is 10.5. The number of hydrogen-bond donors (Lipinski definition) is 0. The number of benzene rings is 1. The highest BCUT2D eigenvalue weighted by molar-refractivity contribution is 5.43. The first-order chi connectivity index (χ1) is 8.83. The third-order valence-corrected chi connectivity index (χ3v) is 2.56. The molecule has 0 N–H and O–H groups in total. The Bertz CT molecular complexity index is 483. The zero-order valence-electron chi connectivity index (χ0n) is 10.5. The molecule has 0 spiro atoms. The standard InChI is InChI=1S/C13H16N2O3/c1-3-17-12-8-10(4-6-11(12)16-2)5-7-13-15-14-9-18-13/h4,6,8-9H,3,5,7H2,1-2H3. The molecule has 0 saturated carbocycles. The Morgan fingerprint density at radius 3 is 2.78 bits per heavy atom. The number of hydrogen-bond acceptors (Lipinski definition) is 5. The summed E-state index contributed by atoms with van der Waals surface area (Å²) in [6, 6.07) is 5.91. The van der Waals surface area contributed by atoms with Crippen LogP contribution in [0.3, 0.4) is 0 Å². The molecule has 0 bridgehead atoms.